The quantitative estimate of drug-likeness (QED) is 0.731. The van der Waals surface area contributed by atoms with E-state index in [9.17, 15) is 9.59 Å². The molecule has 1 N–H and O–H groups in total. The van der Waals surface area contributed by atoms with Crippen LogP contribution in [0.25, 0.3) is 11.1 Å². The van der Waals surface area contributed by atoms with E-state index in [-0.39, 0.29) is 5.78 Å². The summed E-state index contributed by atoms with van der Waals surface area (Å²) < 4.78 is 10.4. The van der Waals surface area contributed by atoms with Crippen LogP contribution in [0.3, 0.4) is 0 Å². The highest BCUT2D eigenvalue weighted by molar-refractivity contribution is 5.91. The Kier molecular flexibility index (Phi) is 2.59. The van der Waals surface area contributed by atoms with E-state index in [4.69, 9.17) is 8.83 Å². The summed E-state index contributed by atoms with van der Waals surface area (Å²) in [7, 11) is 0. The third-order valence-electron chi connectivity index (χ3n) is 2.87. The molecule has 0 aliphatic heterocycles. The molecule has 1 aromatic carbocycles. The molecule has 3 rings (SSSR count). The van der Waals surface area contributed by atoms with Crippen LogP contribution in [0.1, 0.15) is 28.8 Å². The minimum absolute atomic E-state index is 0.0988. The molecule has 0 amide bonds. The first kappa shape index (κ1) is 11.5. The van der Waals surface area contributed by atoms with Gasteiger partial charge in [0.2, 0.25) is 0 Å². The van der Waals surface area contributed by atoms with Crippen molar-refractivity contribution in [2.24, 2.45) is 0 Å². The molecule has 19 heavy (non-hydrogen) atoms. The lowest BCUT2D eigenvalue weighted by atomic mass is 10.1. The summed E-state index contributed by atoms with van der Waals surface area (Å²) in [6.07, 6.45) is 0.540. The summed E-state index contributed by atoms with van der Waals surface area (Å²) in [5, 5.41) is 0. The Bertz CT molecular complexity index is 806. The lowest BCUT2D eigenvalue weighted by molar-refractivity contribution is 0.0985. The van der Waals surface area contributed by atoms with Gasteiger partial charge in [0.15, 0.2) is 17.1 Å². The van der Waals surface area contributed by atoms with Gasteiger partial charge in [0.1, 0.15) is 5.76 Å². The average Bonchev–Trinajstić information content (AvgIpc) is 2.94. The Hall–Kier alpha value is -2.56. The molecule has 96 valence electrons. The van der Waals surface area contributed by atoms with Gasteiger partial charge in [0.05, 0.1) is 5.52 Å². The van der Waals surface area contributed by atoms with Gasteiger partial charge in [-0.2, -0.15) is 0 Å². The molecule has 0 radical (unpaired) electrons. The number of benzene rings is 1. The number of ketones is 1. The van der Waals surface area contributed by atoms with E-state index in [0.29, 0.717) is 29.0 Å². The van der Waals surface area contributed by atoms with Gasteiger partial charge in [-0.3, -0.25) is 9.78 Å². The number of fused-ring (bicyclic) bond motifs is 1. The Morgan fingerprint density at radius 2 is 2.05 bits per heavy atom. The van der Waals surface area contributed by atoms with E-state index < -0.39 is 5.76 Å². The summed E-state index contributed by atoms with van der Waals surface area (Å²) in [5.41, 5.74) is 2.12. The second kappa shape index (κ2) is 4.28. The summed E-state index contributed by atoms with van der Waals surface area (Å²) in [6, 6.07) is 8.87. The van der Waals surface area contributed by atoms with Crippen LogP contribution in [0.4, 0.5) is 0 Å². The second-order valence-corrected chi connectivity index (χ2v) is 4.34. The van der Waals surface area contributed by atoms with Gasteiger partial charge in [-0.25, -0.2) is 4.79 Å². The summed E-state index contributed by atoms with van der Waals surface area (Å²) in [6.45, 7) is 1.46. The Labute approximate surface area is 107 Å². The average molecular weight is 257 g/mol. The predicted molar refractivity (Wildman–Crippen MR) is 68.4 cm³/mol. The molecule has 0 unspecified atom stereocenters. The Morgan fingerprint density at radius 1 is 1.21 bits per heavy atom. The maximum absolute atomic E-state index is 11.1. The maximum Gasteiger partial charge on any atom is 0.417 e. The number of furan rings is 1. The number of aromatic nitrogens is 1. The lowest BCUT2D eigenvalue weighted by Gasteiger charge is -1.98. The Morgan fingerprint density at radius 3 is 2.79 bits per heavy atom. The maximum atomic E-state index is 11.1. The van der Waals surface area contributed by atoms with E-state index in [1.54, 1.807) is 24.3 Å². The van der Waals surface area contributed by atoms with Gasteiger partial charge in [-0.1, -0.05) is 6.07 Å². The second-order valence-electron chi connectivity index (χ2n) is 4.34. The van der Waals surface area contributed by atoms with Crippen molar-refractivity contribution in [2.45, 2.75) is 13.3 Å². The minimum atomic E-state index is -0.469. The summed E-state index contributed by atoms with van der Waals surface area (Å²) in [5.74, 6) is 0.481. The predicted octanol–water partition coefficient (Wildman–Crippen LogP) is 2.51. The van der Waals surface area contributed by atoms with E-state index >= 15 is 0 Å². The van der Waals surface area contributed by atoms with Crippen LogP contribution in [-0.2, 0) is 6.42 Å². The normalized spacial score (nSPS) is 11.0. The number of hydrogen-bond donors (Lipinski definition) is 1. The first-order valence-corrected chi connectivity index (χ1v) is 5.83. The monoisotopic (exact) mass is 257 g/mol. The van der Waals surface area contributed by atoms with Crippen LogP contribution in [0.5, 0.6) is 0 Å². The molecular weight excluding hydrogens is 246 g/mol. The van der Waals surface area contributed by atoms with Crippen molar-refractivity contribution in [3.05, 3.63) is 58.0 Å². The number of H-pyrrole nitrogens is 1. The van der Waals surface area contributed by atoms with Gasteiger partial charge in [0.25, 0.3) is 0 Å². The molecule has 0 atom stereocenters. The number of carbonyl (C=O) groups excluding carboxylic acids is 1. The molecule has 0 bridgehead atoms. The van der Waals surface area contributed by atoms with Crippen molar-refractivity contribution < 1.29 is 13.6 Å². The number of aromatic amines is 1. The Balaban J connectivity index is 1.91. The van der Waals surface area contributed by atoms with Crippen molar-refractivity contribution >= 4 is 16.9 Å². The van der Waals surface area contributed by atoms with Crippen molar-refractivity contribution in [1.82, 2.24) is 4.98 Å². The van der Waals surface area contributed by atoms with Crippen LogP contribution in [0.15, 0.2) is 44.0 Å². The van der Waals surface area contributed by atoms with E-state index in [0.717, 1.165) is 5.56 Å². The molecule has 5 nitrogen and oxygen atoms in total. The van der Waals surface area contributed by atoms with Gasteiger partial charge >= 0.3 is 5.76 Å². The molecule has 0 saturated carbocycles. The first-order chi connectivity index (χ1) is 9.11. The highest BCUT2D eigenvalue weighted by atomic mass is 16.4. The van der Waals surface area contributed by atoms with Crippen LogP contribution < -0.4 is 5.76 Å². The van der Waals surface area contributed by atoms with Crippen LogP contribution in [0, 0.1) is 0 Å². The molecule has 0 fully saturated rings. The zero-order valence-corrected chi connectivity index (χ0v) is 10.2. The first-order valence-electron chi connectivity index (χ1n) is 5.83. The number of rotatable bonds is 3. The zero-order chi connectivity index (χ0) is 13.4. The molecule has 3 aromatic rings. The molecule has 5 heteroatoms. The number of oxazole rings is 1. The van der Waals surface area contributed by atoms with Gasteiger partial charge in [-0.05, 0) is 29.8 Å². The highest BCUT2D eigenvalue weighted by Crippen LogP contribution is 2.17. The standard InChI is InChI=1S/C14H11NO4/c1-8(16)12-5-3-10(18-12)6-9-2-4-11-13(7-9)19-14(17)15-11/h2-5,7H,6H2,1H3,(H,15,17). The lowest BCUT2D eigenvalue weighted by Crippen LogP contribution is -1.92. The molecule has 2 heterocycles. The fourth-order valence-corrected chi connectivity index (χ4v) is 1.96. The number of nitrogens with one attached hydrogen (secondary N) is 1. The number of hydrogen-bond acceptors (Lipinski definition) is 4. The number of carbonyl (C=O) groups is 1. The van der Waals surface area contributed by atoms with Crippen LogP contribution in [0.2, 0.25) is 0 Å². The smallest absolute Gasteiger partial charge is 0.417 e. The van der Waals surface area contributed by atoms with E-state index in [1.807, 2.05) is 6.07 Å². The largest absolute Gasteiger partial charge is 0.458 e. The molecule has 0 saturated heterocycles. The van der Waals surface area contributed by atoms with Crippen molar-refractivity contribution in [2.75, 3.05) is 0 Å². The summed E-state index contributed by atoms with van der Waals surface area (Å²) in [4.78, 5) is 24.8. The SMILES string of the molecule is CC(=O)c1ccc(Cc2ccc3[nH]c(=O)oc3c2)o1. The molecule has 0 aliphatic carbocycles. The van der Waals surface area contributed by atoms with Crippen molar-refractivity contribution in [3.8, 4) is 0 Å². The van der Waals surface area contributed by atoms with E-state index in [1.165, 1.54) is 6.92 Å². The van der Waals surface area contributed by atoms with E-state index in [2.05, 4.69) is 4.98 Å². The third-order valence-corrected chi connectivity index (χ3v) is 2.87. The van der Waals surface area contributed by atoms with Gasteiger partial charge in [0, 0.05) is 13.3 Å². The zero-order valence-electron chi connectivity index (χ0n) is 10.2. The topological polar surface area (TPSA) is 76.2 Å². The van der Waals surface area contributed by atoms with Gasteiger partial charge < -0.3 is 8.83 Å². The van der Waals surface area contributed by atoms with Crippen molar-refractivity contribution in [1.29, 1.82) is 0 Å². The molecule has 0 aliphatic rings. The van der Waals surface area contributed by atoms with Gasteiger partial charge in [-0.15, -0.1) is 0 Å². The fraction of sp³-hybridized carbons (Fsp3) is 0.143. The fourth-order valence-electron chi connectivity index (χ4n) is 1.96. The highest BCUT2D eigenvalue weighted by Gasteiger charge is 2.08. The molecule has 0 spiro atoms. The molecule has 2 aromatic heterocycles. The van der Waals surface area contributed by atoms with Crippen LogP contribution >= 0.6 is 0 Å². The summed E-state index contributed by atoms with van der Waals surface area (Å²) >= 11 is 0. The number of Topliss-reactive ketones (excluding diaryl/α,β-unsaturated/α-hetero) is 1. The van der Waals surface area contributed by atoms with Crippen LogP contribution in [-0.4, -0.2) is 10.8 Å². The third kappa shape index (κ3) is 2.22. The minimum Gasteiger partial charge on any atom is -0.458 e. The molecular formula is C14H11NO4. The van der Waals surface area contributed by atoms with Crippen molar-refractivity contribution in [3.63, 3.8) is 0 Å².